The number of benzene rings is 3. The van der Waals surface area contributed by atoms with E-state index in [0.29, 0.717) is 35.3 Å². The second kappa shape index (κ2) is 11.0. The van der Waals surface area contributed by atoms with Crippen LogP contribution in [0.15, 0.2) is 72.8 Å². The van der Waals surface area contributed by atoms with Gasteiger partial charge >= 0.3 is 5.97 Å². The van der Waals surface area contributed by atoms with Crippen molar-refractivity contribution in [3.63, 3.8) is 0 Å². The maximum Gasteiger partial charge on any atom is 0.339 e. The van der Waals surface area contributed by atoms with Gasteiger partial charge in [0, 0.05) is 0 Å². The Morgan fingerprint density at radius 2 is 1.44 bits per heavy atom. The average molecular weight is 434 g/mol. The summed E-state index contributed by atoms with van der Waals surface area (Å²) < 4.78 is 16.3. The van der Waals surface area contributed by atoms with Crippen molar-refractivity contribution in [2.45, 2.75) is 20.3 Å². The Labute approximate surface area is 188 Å². The Hall–Kier alpha value is -3.80. The zero-order chi connectivity index (χ0) is 22.9. The van der Waals surface area contributed by atoms with Gasteiger partial charge < -0.3 is 19.5 Å². The first-order valence-electron chi connectivity index (χ1n) is 10.4. The standard InChI is InChI=1S/C26H27NO5/c1-18(2)17-31-20-12-14-22(15-13-20)32-21-10-8-19(9-11-21)16-25(28)27-24-7-5-4-6-23(24)26(29)30-3/h4-15,18H,16-17H2,1-3H3,(H,27,28). The number of carbonyl (C=O) groups is 2. The normalized spacial score (nSPS) is 10.5. The highest BCUT2D eigenvalue weighted by atomic mass is 16.5. The number of hydrogen-bond donors (Lipinski definition) is 1. The van der Waals surface area contributed by atoms with Gasteiger partial charge in [0.15, 0.2) is 0 Å². The zero-order valence-corrected chi connectivity index (χ0v) is 18.5. The minimum atomic E-state index is -0.498. The average Bonchev–Trinajstić information content (AvgIpc) is 2.79. The van der Waals surface area contributed by atoms with E-state index >= 15 is 0 Å². The summed E-state index contributed by atoms with van der Waals surface area (Å²) in [6.45, 7) is 4.88. The highest BCUT2D eigenvalue weighted by Gasteiger charge is 2.13. The molecule has 0 spiro atoms. The SMILES string of the molecule is COC(=O)c1ccccc1NC(=O)Cc1ccc(Oc2ccc(OCC(C)C)cc2)cc1. The largest absolute Gasteiger partial charge is 0.493 e. The Balaban J connectivity index is 1.56. The van der Waals surface area contributed by atoms with Gasteiger partial charge in [-0.2, -0.15) is 0 Å². The molecule has 1 N–H and O–H groups in total. The molecule has 3 aromatic carbocycles. The van der Waals surface area contributed by atoms with Crippen LogP contribution in [0.25, 0.3) is 0 Å². The van der Waals surface area contributed by atoms with E-state index in [1.54, 1.807) is 24.3 Å². The second-order valence-electron chi connectivity index (χ2n) is 7.68. The van der Waals surface area contributed by atoms with Crippen LogP contribution in [-0.2, 0) is 16.0 Å². The van der Waals surface area contributed by atoms with E-state index < -0.39 is 5.97 Å². The minimum Gasteiger partial charge on any atom is -0.493 e. The number of anilines is 1. The summed E-state index contributed by atoms with van der Waals surface area (Å²) in [6, 6.07) is 21.5. The molecule has 166 valence electrons. The van der Waals surface area contributed by atoms with Gasteiger partial charge in [-0.05, 0) is 60.0 Å². The molecule has 0 aliphatic rings. The van der Waals surface area contributed by atoms with E-state index in [1.807, 2.05) is 48.5 Å². The van der Waals surface area contributed by atoms with Gasteiger partial charge in [-0.1, -0.05) is 38.1 Å². The molecule has 0 radical (unpaired) electrons. The summed E-state index contributed by atoms with van der Waals surface area (Å²) in [5.41, 5.74) is 1.56. The van der Waals surface area contributed by atoms with Crippen LogP contribution >= 0.6 is 0 Å². The molecule has 1 amide bonds. The van der Waals surface area contributed by atoms with Crippen LogP contribution in [0, 0.1) is 5.92 Å². The molecule has 0 fully saturated rings. The number of nitrogens with one attached hydrogen (secondary N) is 1. The van der Waals surface area contributed by atoms with Crippen molar-refractivity contribution in [1.82, 2.24) is 0 Å². The van der Waals surface area contributed by atoms with E-state index in [0.717, 1.165) is 11.3 Å². The summed E-state index contributed by atoms with van der Waals surface area (Å²) in [7, 11) is 1.31. The molecule has 0 saturated heterocycles. The fourth-order valence-electron chi connectivity index (χ4n) is 2.94. The molecule has 32 heavy (non-hydrogen) atoms. The lowest BCUT2D eigenvalue weighted by Gasteiger charge is -2.11. The molecular weight excluding hydrogens is 406 g/mol. The van der Waals surface area contributed by atoms with Gasteiger partial charge in [0.2, 0.25) is 5.91 Å². The number of ether oxygens (including phenoxy) is 3. The van der Waals surface area contributed by atoms with Crippen LogP contribution in [0.3, 0.4) is 0 Å². The molecule has 6 nitrogen and oxygen atoms in total. The van der Waals surface area contributed by atoms with E-state index in [2.05, 4.69) is 19.2 Å². The van der Waals surface area contributed by atoms with Gasteiger partial charge in [-0.25, -0.2) is 4.79 Å². The van der Waals surface area contributed by atoms with Crippen molar-refractivity contribution >= 4 is 17.6 Å². The number of para-hydroxylation sites is 1. The second-order valence-corrected chi connectivity index (χ2v) is 7.68. The Bertz CT molecular complexity index is 1040. The predicted molar refractivity (Wildman–Crippen MR) is 123 cm³/mol. The molecule has 0 unspecified atom stereocenters. The van der Waals surface area contributed by atoms with Gasteiger partial charge in [0.05, 0.1) is 31.4 Å². The van der Waals surface area contributed by atoms with E-state index in [9.17, 15) is 9.59 Å². The number of hydrogen-bond acceptors (Lipinski definition) is 5. The van der Waals surface area contributed by atoms with E-state index in [-0.39, 0.29) is 12.3 Å². The van der Waals surface area contributed by atoms with Crippen LogP contribution < -0.4 is 14.8 Å². The minimum absolute atomic E-state index is 0.164. The Morgan fingerprint density at radius 1 is 0.844 bits per heavy atom. The molecule has 3 aromatic rings. The summed E-state index contributed by atoms with van der Waals surface area (Å²) in [5, 5.41) is 2.77. The number of amides is 1. The van der Waals surface area contributed by atoms with Crippen molar-refractivity contribution in [3.05, 3.63) is 83.9 Å². The van der Waals surface area contributed by atoms with Crippen LogP contribution in [0.5, 0.6) is 17.2 Å². The van der Waals surface area contributed by atoms with E-state index in [1.165, 1.54) is 7.11 Å². The van der Waals surface area contributed by atoms with Crippen LogP contribution in [0.4, 0.5) is 5.69 Å². The van der Waals surface area contributed by atoms with Gasteiger partial charge in [0.25, 0.3) is 0 Å². The summed E-state index contributed by atoms with van der Waals surface area (Å²) >= 11 is 0. The first-order valence-corrected chi connectivity index (χ1v) is 10.4. The third kappa shape index (κ3) is 6.60. The number of methoxy groups -OCH3 is 1. The molecule has 3 rings (SSSR count). The lowest BCUT2D eigenvalue weighted by molar-refractivity contribution is -0.115. The summed E-state index contributed by atoms with van der Waals surface area (Å²) in [5.74, 6) is 1.91. The van der Waals surface area contributed by atoms with Gasteiger partial charge in [-0.15, -0.1) is 0 Å². The van der Waals surface area contributed by atoms with Crippen molar-refractivity contribution < 1.29 is 23.8 Å². The van der Waals surface area contributed by atoms with Crippen LogP contribution in [0.1, 0.15) is 29.8 Å². The first-order chi connectivity index (χ1) is 15.4. The van der Waals surface area contributed by atoms with Crippen molar-refractivity contribution in [1.29, 1.82) is 0 Å². The maximum atomic E-state index is 12.4. The highest BCUT2D eigenvalue weighted by Crippen LogP contribution is 2.25. The van der Waals surface area contributed by atoms with Crippen molar-refractivity contribution in [2.75, 3.05) is 19.0 Å². The molecule has 0 aromatic heterocycles. The van der Waals surface area contributed by atoms with Gasteiger partial charge in [0.1, 0.15) is 17.2 Å². The monoisotopic (exact) mass is 433 g/mol. The maximum absolute atomic E-state index is 12.4. The lowest BCUT2D eigenvalue weighted by Crippen LogP contribution is -2.17. The van der Waals surface area contributed by atoms with E-state index in [4.69, 9.17) is 14.2 Å². The molecule has 0 aliphatic heterocycles. The van der Waals surface area contributed by atoms with Crippen LogP contribution in [-0.4, -0.2) is 25.6 Å². The molecule has 0 aliphatic carbocycles. The number of rotatable bonds is 9. The molecule has 6 heteroatoms. The smallest absolute Gasteiger partial charge is 0.339 e. The van der Waals surface area contributed by atoms with Crippen LogP contribution in [0.2, 0.25) is 0 Å². The van der Waals surface area contributed by atoms with Gasteiger partial charge in [-0.3, -0.25) is 4.79 Å². The molecule has 0 heterocycles. The summed E-state index contributed by atoms with van der Waals surface area (Å²) in [4.78, 5) is 24.3. The zero-order valence-electron chi connectivity index (χ0n) is 18.5. The number of carbonyl (C=O) groups excluding carboxylic acids is 2. The predicted octanol–water partition coefficient (Wildman–Crippen LogP) is 5.48. The quantitative estimate of drug-likeness (QED) is 0.452. The third-order valence-electron chi connectivity index (χ3n) is 4.54. The Kier molecular flexibility index (Phi) is 7.86. The number of esters is 1. The van der Waals surface area contributed by atoms with Crippen molar-refractivity contribution in [2.24, 2.45) is 5.92 Å². The fourth-order valence-corrected chi connectivity index (χ4v) is 2.94. The topological polar surface area (TPSA) is 73.9 Å². The summed E-state index contributed by atoms with van der Waals surface area (Å²) in [6.07, 6.45) is 0.164. The lowest BCUT2D eigenvalue weighted by atomic mass is 10.1. The van der Waals surface area contributed by atoms with Crippen molar-refractivity contribution in [3.8, 4) is 17.2 Å². The Morgan fingerprint density at radius 3 is 2.06 bits per heavy atom. The molecular formula is C26H27NO5. The molecule has 0 saturated carbocycles. The molecule has 0 atom stereocenters. The third-order valence-corrected chi connectivity index (χ3v) is 4.54. The first kappa shape index (κ1) is 22.9. The fraction of sp³-hybridized carbons (Fsp3) is 0.231. The molecule has 0 bridgehead atoms. The highest BCUT2D eigenvalue weighted by molar-refractivity contribution is 6.01.